The number of nitriles is 1. The van der Waals surface area contributed by atoms with E-state index in [0.29, 0.717) is 16.8 Å². The van der Waals surface area contributed by atoms with Gasteiger partial charge in [0.25, 0.3) is 5.91 Å². The number of carbonyl (C=O) groups excluding carboxylic acids is 1. The maximum absolute atomic E-state index is 13.0. The van der Waals surface area contributed by atoms with Crippen molar-refractivity contribution in [2.75, 3.05) is 11.9 Å². The second-order valence-corrected chi connectivity index (χ2v) is 9.82. The number of allylic oxidation sites excluding steroid dienone is 1. The van der Waals surface area contributed by atoms with Gasteiger partial charge >= 0.3 is 10.1 Å². The van der Waals surface area contributed by atoms with E-state index < -0.39 is 16.0 Å². The second kappa shape index (κ2) is 12.1. The van der Waals surface area contributed by atoms with Gasteiger partial charge in [0.1, 0.15) is 16.5 Å². The smallest absolute Gasteiger partial charge is 0.339 e. The van der Waals surface area contributed by atoms with E-state index in [1.165, 1.54) is 24.3 Å². The number of amides is 1. The fraction of sp³-hybridized carbons (Fsp3) is 0.172. The molecule has 0 fully saturated rings. The second-order valence-electron chi connectivity index (χ2n) is 8.27. The van der Waals surface area contributed by atoms with Crippen LogP contribution in [0.15, 0.2) is 83.8 Å². The molecule has 190 valence electrons. The molecule has 0 aliphatic rings. The molecule has 0 atom stereocenters. The zero-order valence-corrected chi connectivity index (χ0v) is 21.8. The van der Waals surface area contributed by atoms with Crippen LogP contribution in [0.2, 0.25) is 0 Å². The largest absolute Gasteiger partial charge is 0.490 e. The first-order valence-electron chi connectivity index (χ1n) is 11.6. The summed E-state index contributed by atoms with van der Waals surface area (Å²) < 4.78 is 37.3. The van der Waals surface area contributed by atoms with Crippen LogP contribution in [0.25, 0.3) is 6.08 Å². The van der Waals surface area contributed by atoms with E-state index in [9.17, 15) is 18.5 Å². The summed E-state index contributed by atoms with van der Waals surface area (Å²) in [7, 11) is -4.15. The summed E-state index contributed by atoms with van der Waals surface area (Å²) in [5, 5.41) is 12.4. The number of hydrogen-bond acceptors (Lipinski definition) is 6. The van der Waals surface area contributed by atoms with Gasteiger partial charge in [-0.2, -0.15) is 13.7 Å². The van der Waals surface area contributed by atoms with Gasteiger partial charge in [0.05, 0.1) is 6.61 Å². The van der Waals surface area contributed by atoms with Crippen molar-refractivity contribution in [3.8, 4) is 17.6 Å². The number of benzene rings is 3. The van der Waals surface area contributed by atoms with Gasteiger partial charge < -0.3 is 14.2 Å². The van der Waals surface area contributed by atoms with Crippen molar-refractivity contribution in [1.29, 1.82) is 5.26 Å². The normalized spacial score (nSPS) is 11.4. The van der Waals surface area contributed by atoms with E-state index in [0.717, 1.165) is 11.1 Å². The lowest BCUT2D eigenvalue weighted by Gasteiger charge is -2.16. The first kappa shape index (κ1) is 27.2. The Morgan fingerprint density at radius 2 is 1.68 bits per heavy atom. The topological polar surface area (TPSA) is 105 Å². The van der Waals surface area contributed by atoms with Crippen LogP contribution in [-0.2, 0) is 21.3 Å². The van der Waals surface area contributed by atoms with Gasteiger partial charge in [-0.3, -0.25) is 4.79 Å². The van der Waals surface area contributed by atoms with Gasteiger partial charge in [0, 0.05) is 11.3 Å². The van der Waals surface area contributed by atoms with Crippen LogP contribution in [0.3, 0.4) is 0 Å². The minimum Gasteiger partial charge on any atom is -0.490 e. The van der Waals surface area contributed by atoms with E-state index in [-0.39, 0.29) is 35.0 Å². The Morgan fingerprint density at radius 3 is 2.24 bits per heavy atom. The van der Waals surface area contributed by atoms with E-state index >= 15 is 0 Å². The highest BCUT2D eigenvalue weighted by atomic mass is 32.2. The molecule has 0 saturated carbocycles. The summed E-state index contributed by atoms with van der Waals surface area (Å²) in [5.41, 5.74) is 3.32. The van der Waals surface area contributed by atoms with Crippen LogP contribution >= 0.6 is 0 Å². The van der Waals surface area contributed by atoms with Gasteiger partial charge in [0.2, 0.25) is 0 Å². The summed E-state index contributed by atoms with van der Waals surface area (Å²) in [6.07, 6.45) is 3.27. The van der Waals surface area contributed by atoms with E-state index in [2.05, 4.69) is 11.9 Å². The molecule has 0 radical (unpaired) electrons. The average molecular weight is 517 g/mol. The van der Waals surface area contributed by atoms with Gasteiger partial charge in [-0.15, -0.1) is 6.58 Å². The maximum atomic E-state index is 13.0. The minimum atomic E-state index is -4.15. The number of carbonyl (C=O) groups is 1. The average Bonchev–Trinajstić information content (AvgIpc) is 2.86. The van der Waals surface area contributed by atoms with Crippen LogP contribution in [0, 0.1) is 25.2 Å². The fourth-order valence-corrected chi connectivity index (χ4v) is 4.42. The fourth-order valence-electron chi connectivity index (χ4n) is 3.44. The summed E-state index contributed by atoms with van der Waals surface area (Å²) in [6, 6.07) is 18.6. The molecule has 0 heterocycles. The number of ether oxygens (including phenoxy) is 1. The zero-order chi connectivity index (χ0) is 27.0. The molecular weight excluding hydrogens is 488 g/mol. The number of anilines is 1. The highest BCUT2D eigenvalue weighted by Gasteiger charge is 2.23. The first-order valence-corrected chi connectivity index (χ1v) is 13.0. The SMILES string of the molecule is C=CCc1cc(/C=C(\C#N)C(=O)Nc2ccc(C)cc2)cc(OCC)c1OS(=O)(=O)c1ccc(C)cc1. The van der Waals surface area contributed by atoms with Crippen LogP contribution in [0.4, 0.5) is 5.69 Å². The molecule has 3 aromatic carbocycles. The molecular formula is C29H28N2O5S. The van der Waals surface area contributed by atoms with Gasteiger partial charge in [-0.1, -0.05) is 41.5 Å². The number of nitrogens with zero attached hydrogens (tertiary/aromatic N) is 1. The van der Waals surface area contributed by atoms with Crippen molar-refractivity contribution >= 4 is 27.8 Å². The molecule has 37 heavy (non-hydrogen) atoms. The molecule has 7 nitrogen and oxygen atoms in total. The lowest BCUT2D eigenvalue weighted by Crippen LogP contribution is -2.14. The summed E-state index contributed by atoms with van der Waals surface area (Å²) in [6.45, 7) is 9.53. The Morgan fingerprint density at radius 1 is 1.05 bits per heavy atom. The lowest BCUT2D eigenvalue weighted by molar-refractivity contribution is -0.112. The predicted molar refractivity (Wildman–Crippen MR) is 144 cm³/mol. The molecule has 0 aromatic heterocycles. The molecule has 1 amide bonds. The van der Waals surface area contributed by atoms with Crippen molar-refractivity contribution in [1.82, 2.24) is 0 Å². The van der Waals surface area contributed by atoms with Gasteiger partial charge in [-0.05, 0) is 75.2 Å². The monoisotopic (exact) mass is 516 g/mol. The molecule has 0 spiro atoms. The number of hydrogen-bond donors (Lipinski definition) is 1. The molecule has 0 bridgehead atoms. The molecule has 0 saturated heterocycles. The third-order valence-corrected chi connectivity index (χ3v) is 6.54. The predicted octanol–water partition coefficient (Wildman–Crippen LogP) is 5.74. The van der Waals surface area contributed by atoms with E-state index in [1.54, 1.807) is 43.3 Å². The Labute approximate surface area is 217 Å². The third-order valence-electron chi connectivity index (χ3n) is 5.31. The highest BCUT2D eigenvalue weighted by Crippen LogP contribution is 2.37. The number of rotatable bonds is 10. The van der Waals surface area contributed by atoms with Crippen LogP contribution < -0.4 is 14.2 Å². The van der Waals surface area contributed by atoms with E-state index in [4.69, 9.17) is 8.92 Å². The maximum Gasteiger partial charge on any atom is 0.339 e. The summed E-state index contributed by atoms with van der Waals surface area (Å²) >= 11 is 0. The van der Waals surface area contributed by atoms with Crippen LogP contribution in [0.1, 0.15) is 29.2 Å². The summed E-state index contributed by atoms with van der Waals surface area (Å²) in [4.78, 5) is 12.7. The first-order chi connectivity index (χ1) is 17.7. The Balaban J connectivity index is 2.01. The Kier molecular flexibility index (Phi) is 8.88. The number of nitrogens with one attached hydrogen (secondary N) is 1. The zero-order valence-electron chi connectivity index (χ0n) is 20.9. The molecule has 0 aliphatic carbocycles. The molecule has 3 aromatic rings. The van der Waals surface area contributed by atoms with Crippen molar-refractivity contribution in [2.45, 2.75) is 32.1 Å². The van der Waals surface area contributed by atoms with Crippen LogP contribution in [0.5, 0.6) is 11.5 Å². The molecule has 3 rings (SSSR count). The molecule has 8 heteroatoms. The van der Waals surface area contributed by atoms with Crippen molar-refractivity contribution in [2.24, 2.45) is 0 Å². The lowest BCUT2D eigenvalue weighted by atomic mass is 10.0. The molecule has 0 unspecified atom stereocenters. The van der Waals surface area contributed by atoms with E-state index in [1.807, 2.05) is 32.0 Å². The van der Waals surface area contributed by atoms with Crippen molar-refractivity contribution < 1.29 is 22.1 Å². The van der Waals surface area contributed by atoms with Gasteiger partial charge in [0.15, 0.2) is 11.5 Å². The minimum absolute atomic E-state index is 0.00798. The van der Waals surface area contributed by atoms with Crippen molar-refractivity contribution in [3.05, 3.63) is 101 Å². The highest BCUT2D eigenvalue weighted by molar-refractivity contribution is 7.87. The quantitative estimate of drug-likeness (QED) is 0.159. The Hall–Kier alpha value is -4.35. The van der Waals surface area contributed by atoms with Crippen LogP contribution in [-0.4, -0.2) is 20.9 Å². The number of aryl methyl sites for hydroxylation is 2. The standard InChI is InChI=1S/C29H28N2O5S/c1-5-7-23-16-22(17-24(19-30)29(32)31-25-12-8-20(3)9-13-25)18-27(35-6-2)28(23)36-37(33,34)26-14-10-21(4)11-15-26/h5,8-18H,1,6-7H2,2-4H3,(H,31,32)/b24-17+. The summed E-state index contributed by atoms with van der Waals surface area (Å²) in [5.74, 6) is -0.376. The third kappa shape index (κ3) is 7.09. The van der Waals surface area contributed by atoms with Gasteiger partial charge in [-0.25, -0.2) is 0 Å². The molecule has 1 N–H and O–H groups in total. The molecule has 0 aliphatic heterocycles. The van der Waals surface area contributed by atoms with Crippen molar-refractivity contribution in [3.63, 3.8) is 0 Å². The Bertz CT molecular complexity index is 1470.